The quantitative estimate of drug-likeness (QED) is 0.689. The molecule has 0 aromatic heterocycles. The Kier molecular flexibility index (Phi) is 7.65. The first kappa shape index (κ1) is 15.6. The van der Waals surface area contributed by atoms with Crippen LogP contribution in [0.15, 0.2) is 0 Å². The smallest absolute Gasteiger partial charge is 0.132 e. The number of hydrogen-bond donors (Lipinski definition) is 1. The first-order chi connectivity index (χ1) is 7.41. The molecule has 0 fully saturated rings. The molecule has 0 rings (SSSR count). The van der Waals surface area contributed by atoms with Gasteiger partial charge in [-0.2, -0.15) is 0 Å². The van der Waals surface area contributed by atoms with E-state index < -0.39 is 0 Å². The van der Waals surface area contributed by atoms with Crippen LogP contribution in [0.4, 0.5) is 0 Å². The lowest BCUT2D eigenvalue weighted by Gasteiger charge is -2.30. The fourth-order valence-electron chi connectivity index (χ4n) is 2.05. The number of hydrogen-bond acceptors (Lipinski definition) is 2. The average molecular weight is 227 g/mol. The minimum Gasteiger partial charge on any atom is -0.330 e. The van der Waals surface area contributed by atoms with Crippen LogP contribution in [0.5, 0.6) is 0 Å². The zero-order valence-electron chi connectivity index (χ0n) is 11.5. The van der Waals surface area contributed by atoms with E-state index in [4.69, 9.17) is 5.73 Å². The van der Waals surface area contributed by atoms with E-state index in [2.05, 4.69) is 27.7 Å². The monoisotopic (exact) mass is 227 g/mol. The molecule has 0 bridgehead atoms. The van der Waals surface area contributed by atoms with Gasteiger partial charge >= 0.3 is 0 Å². The van der Waals surface area contributed by atoms with Gasteiger partial charge < -0.3 is 5.73 Å². The molecular formula is C14H29NO. The molecule has 0 radical (unpaired) electrons. The largest absolute Gasteiger partial charge is 0.330 e. The molecule has 2 N–H and O–H groups in total. The Morgan fingerprint density at radius 3 is 2.25 bits per heavy atom. The van der Waals surface area contributed by atoms with E-state index in [1.807, 2.05) is 0 Å². The Balaban J connectivity index is 3.97. The molecule has 0 saturated carbocycles. The normalized spacial score (nSPS) is 13.8. The molecular weight excluding hydrogens is 198 g/mol. The van der Waals surface area contributed by atoms with Gasteiger partial charge in [0, 0.05) is 12.8 Å². The summed E-state index contributed by atoms with van der Waals surface area (Å²) in [6.45, 7) is 9.57. The number of ketones is 1. The number of carbonyl (C=O) groups excluding carboxylic acids is 1. The van der Waals surface area contributed by atoms with Crippen molar-refractivity contribution in [3.8, 4) is 0 Å². The first-order valence-electron chi connectivity index (χ1n) is 6.63. The Labute approximate surface area is 101 Å². The highest BCUT2D eigenvalue weighted by Gasteiger charge is 2.24. The van der Waals surface area contributed by atoms with Crippen LogP contribution in [0.3, 0.4) is 0 Å². The Morgan fingerprint density at radius 2 is 1.81 bits per heavy atom. The zero-order valence-corrected chi connectivity index (χ0v) is 11.5. The van der Waals surface area contributed by atoms with Crippen molar-refractivity contribution in [1.29, 1.82) is 0 Å². The SMILES string of the molecule is CCCCC(=O)CCC(CCN)C(C)(C)C. The summed E-state index contributed by atoms with van der Waals surface area (Å²) in [5, 5.41) is 0. The lowest BCUT2D eigenvalue weighted by atomic mass is 9.76. The second-order valence-electron chi connectivity index (χ2n) is 5.82. The molecule has 16 heavy (non-hydrogen) atoms. The molecule has 1 unspecified atom stereocenters. The lowest BCUT2D eigenvalue weighted by Crippen LogP contribution is -2.24. The van der Waals surface area contributed by atoms with Crippen molar-refractivity contribution < 1.29 is 4.79 Å². The fraction of sp³-hybridized carbons (Fsp3) is 0.929. The lowest BCUT2D eigenvalue weighted by molar-refractivity contribution is -0.119. The Morgan fingerprint density at radius 1 is 1.19 bits per heavy atom. The average Bonchev–Trinajstić information content (AvgIpc) is 2.19. The topological polar surface area (TPSA) is 43.1 Å². The molecule has 0 saturated heterocycles. The molecule has 0 heterocycles. The van der Waals surface area contributed by atoms with Gasteiger partial charge in [-0.05, 0) is 37.1 Å². The minimum absolute atomic E-state index is 0.268. The summed E-state index contributed by atoms with van der Waals surface area (Å²) in [7, 11) is 0. The van der Waals surface area contributed by atoms with E-state index in [0.717, 1.165) is 45.1 Å². The standard InChI is InChI=1S/C14H29NO/c1-5-6-7-13(16)9-8-12(10-11-15)14(2,3)4/h12H,5-11,15H2,1-4H3. The maximum Gasteiger partial charge on any atom is 0.132 e. The number of rotatable bonds is 8. The zero-order chi connectivity index (χ0) is 12.6. The summed E-state index contributed by atoms with van der Waals surface area (Å²) in [6, 6.07) is 0. The Hall–Kier alpha value is -0.370. The molecule has 96 valence electrons. The highest BCUT2D eigenvalue weighted by Crippen LogP contribution is 2.32. The van der Waals surface area contributed by atoms with Crippen molar-refractivity contribution in [2.75, 3.05) is 6.54 Å². The van der Waals surface area contributed by atoms with Crippen molar-refractivity contribution in [2.45, 2.75) is 66.2 Å². The second kappa shape index (κ2) is 7.83. The van der Waals surface area contributed by atoms with Crippen molar-refractivity contribution >= 4 is 5.78 Å². The summed E-state index contributed by atoms with van der Waals surface area (Å²) in [6.07, 6.45) is 5.68. The van der Waals surface area contributed by atoms with E-state index >= 15 is 0 Å². The third kappa shape index (κ3) is 7.00. The molecule has 0 aromatic carbocycles. The second-order valence-corrected chi connectivity index (χ2v) is 5.82. The van der Waals surface area contributed by atoms with E-state index in [1.165, 1.54) is 0 Å². The highest BCUT2D eigenvalue weighted by atomic mass is 16.1. The van der Waals surface area contributed by atoms with Gasteiger partial charge in [0.1, 0.15) is 5.78 Å². The molecule has 0 aliphatic rings. The summed E-state index contributed by atoms with van der Waals surface area (Å²) in [4.78, 5) is 11.6. The molecule has 0 amide bonds. The number of unbranched alkanes of at least 4 members (excludes halogenated alkanes) is 1. The molecule has 0 aliphatic carbocycles. The molecule has 0 aromatic rings. The molecule has 2 nitrogen and oxygen atoms in total. The summed E-state index contributed by atoms with van der Waals surface area (Å²) >= 11 is 0. The van der Waals surface area contributed by atoms with Gasteiger partial charge in [-0.3, -0.25) is 4.79 Å². The molecule has 0 aliphatic heterocycles. The fourth-order valence-corrected chi connectivity index (χ4v) is 2.05. The first-order valence-corrected chi connectivity index (χ1v) is 6.63. The van der Waals surface area contributed by atoms with Gasteiger partial charge in [0.25, 0.3) is 0 Å². The predicted octanol–water partition coefficient (Wildman–Crippen LogP) is 3.54. The van der Waals surface area contributed by atoms with Gasteiger partial charge in [-0.15, -0.1) is 0 Å². The van der Waals surface area contributed by atoms with Crippen molar-refractivity contribution in [2.24, 2.45) is 17.1 Å². The van der Waals surface area contributed by atoms with Crippen molar-refractivity contribution in [3.63, 3.8) is 0 Å². The van der Waals surface area contributed by atoms with Crippen molar-refractivity contribution in [3.05, 3.63) is 0 Å². The summed E-state index contributed by atoms with van der Waals surface area (Å²) < 4.78 is 0. The van der Waals surface area contributed by atoms with Crippen LogP contribution in [0.2, 0.25) is 0 Å². The highest BCUT2D eigenvalue weighted by molar-refractivity contribution is 5.78. The molecule has 2 heteroatoms. The third-order valence-electron chi connectivity index (χ3n) is 3.32. The predicted molar refractivity (Wildman–Crippen MR) is 70.4 cm³/mol. The van der Waals surface area contributed by atoms with E-state index in [0.29, 0.717) is 11.7 Å². The van der Waals surface area contributed by atoms with Gasteiger partial charge in [-0.25, -0.2) is 0 Å². The number of nitrogens with two attached hydrogens (primary N) is 1. The van der Waals surface area contributed by atoms with Gasteiger partial charge in [0.2, 0.25) is 0 Å². The third-order valence-corrected chi connectivity index (χ3v) is 3.32. The van der Waals surface area contributed by atoms with E-state index in [9.17, 15) is 4.79 Å². The Bertz CT molecular complexity index is 193. The summed E-state index contributed by atoms with van der Waals surface area (Å²) in [5.74, 6) is 0.996. The number of carbonyl (C=O) groups is 1. The van der Waals surface area contributed by atoms with Crippen LogP contribution in [0.25, 0.3) is 0 Å². The maximum absolute atomic E-state index is 11.6. The van der Waals surface area contributed by atoms with Gasteiger partial charge in [0.15, 0.2) is 0 Å². The van der Waals surface area contributed by atoms with Crippen LogP contribution in [-0.4, -0.2) is 12.3 Å². The van der Waals surface area contributed by atoms with Crippen LogP contribution >= 0.6 is 0 Å². The van der Waals surface area contributed by atoms with Gasteiger partial charge in [0.05, 0.1) is 0 Å². The molecule has 1 atom stereocenters. The number of Topliss-reactive ketones (excluding diaryl/α,β-unsaturated/α-hetero) is 1. The maximum atomic E-state index is 11.6. The van der Waals surface area contributed by atoms with E-state index in [-0.39, 0.29) is 5.41 Å². The van der Waals surface area contributed by atoms with Crippen LogP contribution in [0, 0.1) is 11.3 Å². The van der Waals surface area contributed by atoms with Crippen molar-refractivity contribution in [1.82, 2.24) is 0 Å². The van der Waals surface area contributed by atoms with E-state index in [1.54, 1.807) is 0 Å². The summed E-state index contributed by atoms with van der Waals surface area (Å²) in [5.41, 5.74) is 5.90. The minimum atomic E-state index is 0.268. The van der Waals surface area contributed by atoms with Gasteiger partial charge in [-0.1, -0.05) is 34.1 Å². The van der Waals surface area contributed by atoms with Crippen LogP contribution in [0.1, 0.15) is 66.2 Å². The van der Waals surface area contributed by atoms with Crippen LogP contribution in [-0.2, 0) is 4.79 Å². The molecule has 0 spiro atoms. The van der Waals surface area contributed by atoms with Crippen LogP contribution < -0.4 is 5.73 Å².